The lowest BCUT2D eigenvalue weighted by molar-refractivity contribution is -0.126. The summed E-state index contributed by atoms with van der Waals surface area (Å²) < 4.78 is 24.6. The minimum atomic E-state index is -3.19. The number of hydrogen-bond donors (Lipinski definition) is 1. The summed E-state index contributed by atoms with van der Waals surface area (Å²) in [5.41, 5.74) is 0. The summed E-state index contributed by atoms with van der Waals surface area (Å²) in [6.45, 7) is 7.22. The summed E-state index contributed by atoms with van der Waals surface area (Å²) in [5, 5.41) is 2.99. The third kappa shape index (κ3) is 6.04. The minimum Gasteiger partial charge on any atom is -0.356 e. The number of hydrogen-bond acceptors (Lipinski definition) is 4. The average molecular weight is 346 g/mol. The summed E-state index contributed by atoms with van der Waals surface area (Å²) in [6, 6.07) is 0. The zero-order valence-corrected chi connectivity index (χ0v) is 15.3. The molecule has 0 aromatic rings. The number of sulfonamides is 1. The van der Waals surface area contributed by atoms with Crippen molar-refractivity contribution in [3.63, 3.8) is 0 Å². The van der Waals surface area contributed by atoms with Gasteiger partial charge in [0.15, 0.2) is 0 Å². The molecule has 2 aliphatic heterocycles. The Morgan fingerprint density at radius 2 is 1.87 bits per heavy atom. The van der Waals surface area contributed by atoms with Crippen molar-refractivity contribution in [2.75, 3.05) is 45.5 Å². The summed E-state index contributed by atoms with van der Waals surface area (Å²) in [7, 11) is -3.19. The molecule has 0 bridgehead atoms. The molecule has 1 N–H and O–H groups in total. The van der Waals surface area contributed by atoms with E-state index in [9.17, 15) is 13.2 Å². The second kappa shape index (κ2) is 8.44. The lowest BCUT2D eigenvalue weighted by Gasteiger charge is -2.31. The summed E-state index contributed by atoms with van der Waals surface area (Å²) >= 11 is 0. The maximum Gasteiger partial charge on any atom is 0.224 e. The van der Waals surface area contributed by atoms with E-state index in [-0.39, 0.29) is 11.8 Å². The predicted octanol–water partition coefficient (Wildman–Crippen LogP) is 0.896. The van der Waals surface area contributed by atoms with Crippen molar-refractivity contribution in [3.8, 4) is 0 Å². The molecule has 1 atom stereocenters. The fourth-order valence-electron chi connectivity index (χ4n) is 3.40. The second-order valence-electron chi connectivity index (χ2n) is 7.13. The highest BCUT2D eigenvalue weighted by molar-refractivity contribution is 7.88. The van der Waals surface area contributed by atoms with Crippen LogP contribution in [0.5, 0.6) is 0 Å². The Bertz CT molecular complexity index is 487. The quantitative estimate of drug-likeness (QED) is 0.726. The van der Waals surface area contributed by atoms with E-state index in [0.717, 1.165) is 31.7 Å². The first-order valence-electron chi connectivity index (χ1n) is 8.81. The van der Waals surface area contributed by atoms with Crippen molar-refractivity contribution in [2.24, 2.45) is 11.8 Å². The molecule has 0 aliphatic carbocycles. The fraction of sp³-hybridized carbons (Fsp3) is 0.938. The van der Waals surface area contributed by atoms with Crippen LogP contribution in [0.1, 0.15) is 39.0 Å². The van der Waals surface area contributed by atoms with E-state index in [4.69, 9.17) is 0 Å². The summed E-state index contributed by atoms with van der Waals surface area (Å²) in [4.78, 5) is 14.7. The lowest BCUT2D eigenvalue weighted by atomic mass is 9.98. The predicted molar refractivity (Wildman–Crippen MR) is 91.6 cm³/mol. The van der Waals surface area contributed by atoms with Crippen LogP contribution in [0, 0.1) is 11.8 Å². The first-order valence-corrected chi connectivity index (χ1v) is 10.7. The monoisotopic (exact) mass is 345 g/mol. The minimum absolute atomic E-state index is 0.00520. The number of amides is 1. The van der Waals surface area contributed by atoms with Gasteiger partial charge in [-0.3, -0.25) is 4.79 Å². The normalized spacial score (nSPS) is 25.4. The van der Waals surface area contributed by atoms with Crippen LogP contribution >= 0.6 is 0 Å². The molecular formula is C16H31N3O3S. The molecule has 0 aromatic carbocycles. The van der Waals surface area contributed by atoms with Crippen molar-refractivity contribution < 1.29 is 13.2 Å². The molecule has 2 aliphatic rings. The fourth-order valence-corrected chi connectivity index (χ4v) is 4.31. The van der Waals surface area contributed by atoms with Crippen LogP contribution in [0.2, 0.25) is 0 Å². The van der Waals surface area contributed by atoms with Gasteiger partial charge in [-0.05, 0) is 57.7 Å². The van der Waals surface area contributed by atoms with E-state index in [1.54, 1.807) is 0 Å². The van der Waals surface area contributed by atoms with Gasteiger partial charge < -0.3 is 10.2 Å². The van der Waals surface area contributed by atoms with E-state index in [1.807, 2.05) is 0 Å². The molecule has 7 heteroatoms. The molecule has 0 spiro atoms. The Balaban J connectivity index is 1.64. The molecule has 6 nitrogen and oxygen atoms in total. The lowest BCUT2D eigenvalue weighted by Crippen LogP contribution is -2.45. The second-order valence-corrected chi connectivity index (χ2v) is 9.11. The Morgan fingerprint density at radius 1 is 1.17 bits per heavy atom. The van der Waals surface area contributed by atoms with Crippen LogP contribution in [0.15, 0.2) is 0 Å². The van der Waals surface area contributed by atoms with Crippen LogP contribution in [0.3, 0.4) is 0 Å². The van der Waals surface area contributed by atoms with Gasteiger partial charge in [0, 0.05) is 19.6 Å². The largest absolute Gasteiger partial charge is 0.356 e. The first-order chi connectivity index (χ1) is 10.9. The van der Waals surface area contributed by atoms with Crippen molar-refractivity contribution in [1.82, 2.24) is 14.5 Å². The molecule has 2 saturated heterocycles. The van der Waals surface area contributed by atoms with Gasteiger partial charge in [0.05, 0.1) is 12.2 Å². The van der Waals surface area contributed by atoms with Crippen LogP contribution in [-0.2, 0) is 14.8 Å². The Labute approximate surface area is 140 Å². The molecule has 134 valence electrons. The van der Waals surface area contributed by atoms with Crippen LogP contribution in [-0.4, -0.2) is 69.1 Å². The van der Waals surface area contributed by atoms with E-state index in [2.05, 4.69) is 17.1 Å². The maximum atomic E-state index is 12.2. The third-order valence-electron chi connectivity index (χ3n) is 5.05. The topological polar surface area (TPSA) is 69.7 Å². The molecule has 1 amide bonds. The van der Waals surface area contributed by atoms with Gasteiger partial charge in [-0.15, -0.1) is 0 Å². The molecule has 23 heavy (non-hydrogen) atoms. The van der Waals surface area contributed by atoms with E-state index >= 15 is 0 Å². The third-order valence-corrected chi connectivity index (χ3v) is 6.32. The van der Waals surface area contributed by atoms with Crippen LogP contribution in [0.25, 0.3) is 0 Å². The molecule has 2 fully saturated rings. The number of nitrogens with zero attached hydrogens (tertiary/aromatic N) is 2. The molecule has 2 rings (SSSR count). The highest BCUT2D eigenvalue weighted by atomic mass is 32.2. The smallest absolute Gasteiger partial charge is 0.224 e. The van der Waals surface area contributed by atoms with E-state index < -0.39 is 10.0 Å². The Kier molecular flexibility index (Phi) is 6.85. The van der Waals surface area contributed by atoms with Gasteiger partial charge >= 0.3 is 0 Å². The summed E-state index contributed by atoms with van der Waals surface area (Å²) in [5.74, 6) is 0.648. The van der Waals surface area contributed by atoms with Crippen molar-refractivity contribution in [1.29, 1.82) is 0 Å². The van der Waals surface area contributed by atoms with Gasteiger partial charge in [0.1, 0.15) is 0 Å². The zero-order valence-electron chi connectivity index (χ0n) is 14.5. The zero-order chi connectivity index (χ0) is 16.9. The van der Waals surface area contributed by atoms with Crippen molar-refractivity contribution in [2.45, 2.75) is 39.0 Å². The molecule has 0 saturated carbocycles. The Morgan fingerprint density at radius 3 is 2.52 bits per heavy atom. The molecule has 0 aromatic heterocycles. The Hall–Kier alpha value is -0.660. The van der Waals surface area contributed by atoms with Gasteiger partial charge in [-0.2, -0.15) is 0 Å². The van der Waals surface area contributed by atoms with Gasteiger partial charge in [0.2, 0.25) is 15.9 Å². The van der Waals surface area contributed by atoms with Crippen LogP contribution in [0.4, 0.5) is 0 Å². The standard InChI is InChI=1S/C16H31N3O3S/c1-14-6-11-18(12-7-14)9-4-8-17-16(20)15-5-3-10-19(13-15)23(2,21)22/h14-15H,3-13H2,1-2H3,(H,17,20). The first kappa shape index (κ1) is 18.7. The van der Waals surface area contributed by atoms with E-state index in [1.165, 1.54) is 36.5 Å². The highest BCUT2D eigenvalue weighted by Gasteiger charge is 2.29. The SMILES string of the molecule is CC1CCN(CCCNC(=O)C2CCCN(S(C)(=O)=O)C2)CC1. The average Bonchev–Trinajstić information content (AvgIpc) is 2.52. The number of rotatable bonds is 6. The molecular weight excluding hydrogens is 314 g/mol. The molecule has 1 unspecified atom stereocenters. The van der Waals surface area contributed by atoms with Crippen molar-refractivity contribution in [3.05, 3.63) is 0 Å². The van der Waals surface area contributed by atoms with Gasteiger partial charge in [-0.25, -0.2) is 12.7 Å². The molecule has 0 radical (unpaired) electrons. The van der Waals surface area contributed by atoms with Gasteiger partial charge in [0.25, 0.3) is 0 Å². The number of carbonyl (C=O) groups is 1. The summed E-state index contributed by atoms with van der Waals surface area (Å²) in [6.07, 6.45) is 6.26. The van der Waals surface area contributed by atoms with Gasteiger partial charge in [-0.1, -0.05) is 6.92 Å². The number of nitrogens with one attached hydrogen (secondary N) is 1. The molecule has 2 heterocycles. The number of carbonyl (C=O) groups excluding carboxylic acids is 1. The van der Waals surface area contributed by atoms with Crippen LogP contribution < -0.4 is 5.32 Å². The highest BCUT2D eigenvalue weighted by Crippen LogP contribution is 2.19. The number of likely N-dealkylation sites (tertiary alicyclic amines) is 1. The van der Waals surface area contributed by atoms with Crippen molar-refractivity contribution >= 4 is 15.9 Å². The number of piperidine rings is 2. The maximum absolute atomic E-state index is 12.2. The van der Waals surface area contributed by atoms with E-state index in [0.29, 0.717) is 19.6 Å².